The second-order valence-electron chi connectivity index (χ2n) is 11.4. The molecule has 0 saturated carbocycles. The van der Waals surface area contributed by atoms with Crippen LogP contribution in [0, 0.1) is 0 Å². The minimum absolute atomic E-state index is 0.0125. The van der Waals surface area contributed by atoms with Crippen molar-refractivity contribution in [3.63, 3.8) is 0 Å². The largest absolute Gasteiger partial charge is 0.489 e. The van der Waals surface area contributed by atoms with E-state index in [1.54, 1.807) is 50.3 Å². The zero-order chi connectivity index (χ0) is 30.7. The maximum absolute atomic E-state index is 13.5. The smallest absolute Gasteiger partial charge is 0.254 e. The molecule has 1 fully saturated rings. The van der Waals surface area contributed by atoms with E-state index >= 15 is 0 Å². The van der Waals surface area contributed by atoms with Crippen molar-refractivity contribution in [3.05, 3.63) is 76.3 Å². The summed E-state index contributed by atoms with van der Waals surface area (Å²) in [6, 6.07) is 10.6. The van der Waals surface area contributed by atoms with E-state index in [4.69, 9.17) is 21.3 Å². The van der Waals surface area contributed by atoms with Crippen LogP contribution in [0.2, 0.25) is 0 Å². The molecule has 228 valence electrons. The van der Waals surface area contributed by atoms with E-state index in [1.807, 2.05) is 30.9 Å². The number of ether oxygens (including phenoxy) is 1. The van der Waals surface area contributed by atoms with Crippen molar-refractivity contribution in [2.75, 3.05) is 23.7 Å². The number of nitrogens with zero attached hydrogens (tertiary/aromatic N) is 2. The fraction of sp³-hybridized carbons (Fsp3) is 0.406. The first-order valence-corrected chi connectivity index (χ1v) is 16.6. The summed E-state index contributed by atoms with van der Waals surface area (Å²) in [5.74, 6) is 1.40. The monoisotopic (exact) mass is 623 g/mol. The SMILES string of the molecule is CC(C)Oc1cc2c(cc1N/C1=N/C(Nc3ccccc3S(=O)(=O)C(C)C)=C(/Cl)C=C=CC1)C(=O)N([C@@H]1CCCNC1)C2. The molecule has 0 bridgehead atoms. The Kier molecular flexibility index (Phi) is 9.32. The number of piperidine rings is 1. The molecule has 43 heavy (non-hydrogen) atoms. The highest BCUT2D eigenvalue weighted by Gasteiger charge is 2.34. The van der Waals surface area contributed by atoms with Crippen molar-refractivity contribution in [2.24, 2.45) is 4.99 Å². The number of halogens is 1. The number of rotatable bonds is 8. The van der Waals surface area contributed by atoms with Crippen LogP contribution in [0.25, 0.3) is 0 Å². The van der Waals surface area contributed by atoms with E-state index in [1.165, 1.54) is 0 Å². The van der Waals surface area contributed by atoms with Crippen molar-refractivity contribution < 1.29 is 17.9 Å². The zero-order valence-electron chi connectivity index (χ0n) is 24.9. The van der Waals surface area contributed by atoms with Crippen LogP contribution in [0.15, 0.2) is 75.0 Å². The molecule has 0 radical (unpaired) electrons. The lowest BCUT2D eigenvalue weighted by molar-refractivity contribution is 0.0674. The second-order valence-corrected chi connectivity index (χ2v) is 14.3. The van der Waals surface area contributed by atoms with E-state index < -0.39 is 15.1 Å². The highest BCUT2D eigenvalue weighted by Crippen LogP contribution is 2.36. The average molecular weight is 624 g/mol. The molecule has 1 atom stereocenters. The standard InChI is InChI=1S/C32H38ClN5O4S/c1-20(2)42-28-16-22-19-38(23-10-9-15-34-18-23)32(39)24(22)17-27(28)35-30-14-8-5-11-25(33)31(37-30)36-26-12-6-7-13-29(26)43(40,41)21(3)4/h6-8,11-13,16-17,20-21,23,34,36H,9-10,14-15,18-19H2,1-4H3,(H,35,37)/b31-25+/t5?,23-/m1/s1. The number of carbonyl (C=O) groups is 1. The molecule has 2 aromatic rings. The molecule has 9 nitrogen and oxygen atoms in total. The van der Waals surface area contributed by atoms with Crippen LogP contribution < -0.4 is 20.7 Å². The topological polar surface area (TPSA) is 112 Å². The Balaban J connectivity index is 1.48. The lowest BCUT2D eigenvalue weighted by Gasteiger charge is -2.31. The number of carbonyl (C=O) groups excluding carboxylic acids is 1. The van der Waals surface area contributed by atoms with Crippen LogP contribution in [0.1, 0.15) is 62.9 Å². The van der Waals surface area contributed by atoms with Gasteiger partial charge in [-0.1, -0.05) is 23.7 Å². The molecule has 0 unspecified atom stereocenters. The summed E-state index contributed by atoms with van der Waals surface area (Å²) in [4.78, 5) is 20.4. The van der Waals surface area contributed by atoms with Crippen LogP contribution in [-0.2, 0) is 16.4 Å². The van der Waals surface area contributed by atoms with Gasteiger partial charge in [0.2, 0.25) is 0 Å². The first kappa shape index (κ1) is 30.9. The van der Waals surface area contributed by atoms with Crippen molar-refractivity contribution >= 4 is 44.6 Å². The number of benzene rings is 2. The number of hydrogen-bond donors (Lipinski definition) is 3. The van der Waals surface area contributed by atoms with Crippen LogP contribution in [-0.4, -0.2) is 55.5 Å². The molecule has 0 spiro atoms. The quantitative estimate of drug-likeness (QED) is 0.318. The van der Waals surface area contributed by atoms with Gasteiger partial charge in [0, 0.05) is 37.2 Å². The van der Waals surface area contributed by atoms with Gasteiger partial charge in [0.1, 0.15) is 11.6 Å². The average Bonchev–Trinajstić information content (AvgIpc) is 3.29. The number of aliphatic imine (C=N–C) groups is 1. The highest BCUT2D eigenvalue weighted by atomic mass is 35.5. The lowest BCUT2D eigenvalue weighted by Crippen LogP contribution is -2.46. The summed E-state index contributed by atoms with van der Waals surface area (Å²) >= 11 is 6.61. The summed E-state index contributed by atoms with van der Waals surface area (Å²) in [5.41, 5.74) is 5.61. The fourth-order valence-corrected chi connectivity index (χ4v) is 6.67. The molecular formula is C32H38ClN5O4S. The molecule has 11 heteroatoms. The Hall–Kier alpha value is -3.56. The van der Waals surface area contributed by atoms with Crippen molar-refractivity contribution in [1.82, 2.24) is 10.2 Å². The van der Waals surface area contributed by atoms with Gasteiger partial charge in [0.05, 0.1) is 32.7 Å². The number of anilines is 2. The van der Waals surface area contributed by atoms with E-state index in [0.29, 0.717) is 41.5 Å². The van der Waals surface area contributed by atoms with Crippen molar-refractivity contribution in [2.45, 2.75) is 75.8 Å². The predicted octanol–water partition coefficient (Wildman–Crippen LogP) is 5.81. The summed E-state index contributed by atoms with van der Waals surface area (Å²) in [6.07, 6.45) is 5.68. The number of para-hydroxylation sites is 1. The van der Waals surface area contributed by atoms with Crippen LogP contribution in [0.5, 0.6) is 5.75 Å². The molecule has 5 rings (SSSR count). The maximum Gasteiger partial charge on any atom is 0.254 e. The number of nitrogens with one attached hydrogen (secondary N) is 3. The number of amidine groups is 1. The van der Waals surface area contributed by atoms with Crippen LogP contribution in [0.4, 0.5) is 11.4 Å². The second kappa shape index (κ2) is 13.0. The molecular weight excluding hydrogens is 586 g/mol. The van der Waals surface area contributed by atoms with E-state index in [2.05, 4.69) is 21.7 Å². The highest BCUT2D eigenvalue weighted by molar-refractivity contribution is 7.92. The predicted molar refractivity (Wildman–Crippen MR) is 172 cm³/mol. The molecule has 2 aromatic carbocycles. The Labute approximate surface area is 258 Å². The van der Waals surface area contributed by atoms with Gasteiger partial charge < -0.3 is 25.6 Å². The van der Waals surface area contributed by atoms with Crippen molar-refractivity contribution in [3.8, 4) is 5.75 Å². The third kappa shape index (κ3) is 6.83. The Morgan fingerprint density at radius 1 is 1.14 bits per heavy atom. The molecule has 1 saturated heterocycles. The van der Waals surface area contributed by atoms with E-state index in [0.717, 1.165) is 31.5 Å². The minimum atomic E-state index is -3.58. The van der Waals surface area contributed by atoms with Gasteiger partial charge in [0.15, 0.2) is 15.7 Å². The van der Waals surface area contributed by atoms with Gasteiger partial charge in [-0.25, -0.2) is 13.4 Å². The minimum Gasteiger partial charge on any atom is -0.489 e. The summed E-state index contributed by atoms with van der Waals surface area (Å²) < 4.78 is 32.3. The zero-order valence-corrected chi connectivity index (χ0v) is 26.5. The maximum atomic E-state index is 13.5. The number of sulfone groups is 1. The van der Waals surface area contributed by atoms with Gasteiger partial charge in [-0.2, -0.15) is 0 Å². The number of amides is 1. The fourth-order valence-electron chi connectivity index (χ4n) is 5.32. The van der Waals surface area contributed by atoms with Gasteiger partial charge >= 0.3 is 0 Å². The first-order chi connectivity index (χ1) is 20.5. The molecule has 0 aliphatic carbocycles. The normalized spacial score (nSPS) is 21.8. The summed E-state index contributed by atoms with van der Waals surface area (Å²) in [6.45, 7) is 9.52. The third-order valence-electron chi connectivity index (χ3n) is 7.55. The molecule has 0 aromatic heterocycles. The molecule has 3 heterocycles. The Morgan fingerprint density at radius 3 is 2.65 bits per heavy atom. The Morgan fingerprint density at radius 2 is 1.93 bits per heavy atom. The van der Waals surface area contributed by atoms with Gasteiger partial charge in [0.25, 0.3) is 5.91 Å². The van der Waals surface area contributed by atoms with E-state index in [-0.39, 0.29) is 33.8 Å². The molecule has 3 aliphatic rings. The van der Waals surface area contributed by atoms with Gasteiger partial charge in [-0.15, -0.1) is 5.73 Å². The summed E-state index contributed by atoms with van der Waals surface area (Å²) in [5, 5.41) is 9.57. The number of fused-ring (bicyclic) bond motifs is 1. The first-order valence-electron chi connectivity index (χ1n) is 14.6. The summed E-state index contributed by atoms with van der Waals surface area (Å²) in [7, 11) is -3.58. The third-order valence-corrected chi connectivity index (χ3v) is 10.1. The molecule has 3 N–H and O–H groups in total. The van der Waals surface area contributed by atoms with Gasteiger partial charge in [-0.3, -0.25) is 4.79 Å². The Bertz CT molecular complexity index is 1630. The number of hydrogen-bond acceptors (Lipinski definition) is 8. The molecule has 1 amide bonds. The molecule has 3 aliphatic heterocycles. The van der Waals surface area contributed by atoms with E-state index in [9.17, 15) is 13.2 Å². The van der Waals surface area contributed by atoms with Crippen molar-refractivity contribution in [1.29, 1.82) is 0 Å². The van der Waals surface area contributed by atoms with Crippen LogP contribution >= 0.6 is 11.6 Å². The van der Waals surface area contributed by atoms with Gasteiger partial charge in [-0.05, 0) is 83.0 Å². The number of allylic oxidation sites excluding steroid dienone is 1. The van der Waals surface area contributed by atoms with Crippen LogP contribution in [0.3, 0.4) is 0 Å². The lowest BCUT2D eigenvalue weighted by atomic mass is 10.1.